The van der Waals surface area contributed by atoms with Crippen molar-refractivity contribution in [2.45, 2.75) is 30.3 Å². The molecule has 0 saturated carbocycles. The van der Waals surface area contributed by atoms with E-state index in [1.54, 1.807) is 29.0 Å². The van der Waals surface area contributed by atoms with Crippen LogP contribution in [0.2, 0.25) is 0 Å². The fourth-order valence-electron chi connectivity index (χ4n) is 4.94. The molecule has 2 aliphatic rings. The SMILES string of the molecule is Cc1nnc([C@]23CCN(S(=O)(=O)c4cn(C)cn4)C[C@H]2CN(Cc2ccccc2)C3)o1. The molecule has 0 radical (unpaired) electrons. The quantitative estimate of drug-likeness (QED) is 0.592. The smallest absolute Gasteiger partial charge is 0.262 e. The number of benzene rings is 1. The van der Waals surface area contributed by atoms with Gasteiger partial charge in [0, 0.05) is 58.8 Å². The van der Waals surface area contributed by atoms with E-state index in [0.717, 1.165) is 19.6 Å². The first-order valence-corrected chi connectivity index (χ1v) is 11.9. The van der Waals surface area contributed by atoms with Crippen LogP contribution in [0.5, 0.6) is 0 Å². The second-order valence-corrected chi connectivity index (χ2v) is 10.5. The van der Waals surface area contributed by atoms with Crippen LogP contribution in [0.15, 0.2) is 52.3 Å². The van der Waals surface area contributed by atoms with Crippen molar-refractivity contribution < 1.29 is 12.8 Å². The lowest BCUT2D eigenvalue weighted by Crippen LogP contribution is -2.51. The molecular weight excluding hydrogens is 416 g/mol. The third kappa shape index (κ3) is 3.58. The molecule has 2 aliphatic heterocycles. The summed E-state index contributed by atoms with van der Waals surface area (Å²) in [6.45, 7) is 4.94. The van der Waals surface area contributed by atoms with Crippen molar-refractivity contribution >= 4 is 10.0 Å². The monoisotopic (exact) mass is 442 g/mol. The molecule has 4 heterocycles. The Morgan fingerprint density at radius 2 is 2.00 bits per heavy atom. The van der Waals surface area contributed by atoms with Gasteiger partial charge >= 0.3 is 0 Å². The Morgan fingerprint density at radius 1 is 1.19 bits per heavy atom. The van der Waals surface area contributed by atoms with E-state index in [1.165, 1.54) is 11.9 Å². The lowest BCUT2D eigenvalue weighted by Gasteiger charge is -2.40. The number of likely N-dealkylation sites (tertiary alicyclic amines) is 1. The standard InChI is InChI=1S/C21H26N6O3S/c1-16-23-24-20(30-16)21-8-9-27(31(28,29)19-13-25(2)15-22-19)12-18(21)11-26(14-21)10-17-6-4-3-5-7-17/h3-7,13,15,18H,8-12,14H2,1-2H3/t18-,21+/m1/s1. The van der Waals surface area contributed by atoms with Gasteiger partial charge in [-0.05, 0) is 12.0 Å². The summed E-state index contributed by atoms with van der Waals surface area (Å²) in [6.07, 6.45) is 3.70. The summed E-state index contributed by atoms with van der Waals surface area (Å²) in [6, 6.07) is 10.3. The Hall–Kier alpha value is -2.56. The number of sulfonamides is 1. The van der Waals surface area contributed by atoms with Crippen LogP contribution in [0.25, 0.3) is 0 Å². The lowest BCUT2D eigenvalue weighted by atomic mass is 9.73. The van der Waals surface area contributed by atoms with Crippen molar-refractivity contribution in [2.75, 3.05) is 26.2 Å². The van der Waals surface area contributed by atoms with Gasteiger partial charge in [0.2, 0.25) is 11.8 Å². The number of hydrogen-bond donors (Lipinski definition) is 0. The zero-order valence-corrected chi connectivity index (χ0v) is 18.5. The number of nitrogens with zero attached hydrogens (tertiary/aromatic N) is 6. The molecule has 2 aromatic heterocycles. The number of imidazole rings is 1. The van der Waals surface area contributed by atoms with Gasteiger partial charge in [-0.15, -0.1) is 10.2 Å². The summed E-state index contributed by atoms with van der Waals surface area (Å²) in [5.41, 5.74) is 0.891. The van der Waals surface area contributed by atoms with Crippen molar-refractivity contribution in [2.24, 2.45) is 13.0 Å². The number of rotatable bonds is 5. The summed E-state index contributed by atoms with van der Waals surface area (Å²) in [5, 5.41) is 8.52. The summed E-state index contributed by atoms with van der Waals surface area (Å²) < 4.78 is 35.5. The average Bonchev–Trinajstić information content (AvgIpc) is 3.46. The molecule has 2 saturated heterocycles. The van der Waals surface area contributed by atoms with E-state index in [0.29, 0.717) is 31.3 Å². The number of aromatic nitrogens is 4. The van der Waals surface area contributed by atoms with E-state index < -0.39 is 10.0 Å². The Labute approximate surface area is 181 Å². The van der Waals surface area contributed by atoms with Gasteiger partial charge in [0.15, 0.2) is 5.03 Å². The van der Waals surface area contributed by atoms with Crippen molar-refractivity contribution in [3.63, 3.8) is 0 Å². The van der Waals surface area contributed by atoms with Crippen molar-refractivity contribution in [1.29, 1.82) is 0 Å². The van der Waals surface area contributed by atoms with Crippen molar-refractivity contribution in [1.82, 2.24) is 29.0 Å². The number of fused-ring (bicyclic) bond motifs is 1. The number of hydrogen-bond acceptors (Lipinski definition) is 7. The zero-order valence-electron chi connectivity index (χ0n) is 17.7. The first kappa shape index (κ1) is 20.3. The van der Waals surface area contributed by atoms with Gasteiger partial charge in [-0.25, -0.2) is 13.4 Å². The van der Waals surface area contributed by atoms with E-state index in [9.17, 15) is 8.42 Å². The van der Waals surface area contributed by atoms with Crippen LogP contribution in [-0.2, 0) is 29.0 Å². The molecule has 1 aromatic carbocycles. The lowest BCUT2D eigenvalue weighted by molar-refractivity contribution is 0.156. The fourth-order valence-corrected chi connectivity index (χ4v) is 6.39. The van der Waals surface area contributed by atoms with Crippen LogP contribution in [-0.4, -0.2) is 63.6 Å². The van der Waals surface area contributed by atoms with Gasteiger partial charge in [0.05, 0.1) is 11.7 Å². The van der Waals surface area contributed by atoms with E-state index in [-0.39, 0.29) is 16.4 Å². The number of aryl methyl sites for hydroxylation is 2. The van der Waals surface area contributed by atoms with E-state index in [2.05, 4.69) is 32.2 Å². The molecule has 9 nitrogen and oxygen atoms in total. The molecule has 3 aromatic rings. The molecule has 0 spiro atoms. The maximum absolute atomic E-state index is 13.2. The van der Waals surface area contributed by atoms with Crippen molar-refractivity contribution in [3.8, 4) is 0 Å². The molecule has 5 rings (SSSR count). The van der Waals surface area contributed by atoms with Crippen LogP contribution in [0.1, 0.15) is 23.8 Å². The second kappa shape index (κ2) is 7.54. The highest BCUT2D eigenvalue weighted by atomic mass is 32.2. The third-order valence-corrected chi connectivity index (χ3v) is 8.23. The average molecular weight is 443 g/mol. The summed E-state index contributed by atoms with van der Waals surface area (Å²) in [7, 11) is -1.88. The van der Waals surface area contributed by atoms with E-state index in [4.69, 9.17) is 4.42 Å². The maximum Gasteiger partial charge on any atom is 0.262 e. The first-order chi connectivity index (χ1) is 14.9. The molecule has 0 amide bonds. The first-order valence-electron chi connectivity index (χ1n) is 10.4. The van der Waals surface area contributed by atoms with E-state index >= 15 is 0 Å². The fraction of sp³-hybridized carbons (Fsp3) is 0.476. The van der Waals surface area contributed by atoms with Gasteiger partial charge in [0.25, 0.3) is 10.0 Å². The molecule has 0 N–H and O–H groups in total. The Bertz CT molecular complexity index is 1170. The molecule has 10 heteroatoms. The Kier molecular flexibility index (Phi) is 4.95. The Balaban J connectivity index is 1.44. The Morgan fingerprint density at radius 3 is 2.68 bits per heavy atom. The van der Waals surface area contributed by atoms with Crippen molar-refractivity contribution in [3.05, 3.63) is 60.2 Å². The highest BCUT2D eigenvalue weighted by molar-refractivity contribution is 7.89. The van der Waals surface area contributed by atoms with Crippen LogP contribution >= 0.6 is 0 Å². The molecular formula is C21H26N6O3S. The van der Waals surface area contributed by atoms with Crippen LogP contribution < -0.4 is 0 Å². The topological polar surface area (TPSA) is 97.4 Å². The van der Waals surface area contributed by atoms with Gasteiger partial charge in [0.1, 0.15) is 0 Å². The maximum atomic E-state index is 13.2. The second-order valence-electron chi connectivity index (χ2n) is 8.62. The van der Waals surface area contributed by atoms with Gasteiger partial charge < -0.3 is 8.98 Å². The van der Waals surface area contributed by atoms with Crippen LogP contribution in [0.4, 0.5) is 0 Å². The minimum Gasteiger partial charge on any atom is -0.425 e. The molecule has 164 valence electrons. The third-order valence-electron chi connectivity index (χ3n) is 6.48. The highest BCUT2D eigenvalue weighted by Crippen LogP contribution is 2.46. The van der Waals surface area contributed by atoms with E-state index in [1.807, 2.05) is 18.2 Å². The largest absolute Gasteiger partial charge is 0.425 e. The normalized spacial score (nSPS) is 25.0. The van der Waals surface area contributed by atoms with Crippen LogP contribution in [0.3, 0.4) is 0 Å². The zero-order chi connectivity index (χ0) is 21.6. The minimum absolute atomic E-state index is 0.0586. The summed E-state index contributed by atoms with van der Waals surface area (Å²) in [4.78, 5) is 6.45. The predicted octanol–water partition coefficient (Wildman–Crippen LogP) is 1.58. The highest BCUT2D eigenvalue weighted by Gasteiger charge is 2.55. The summed E-state index contributed by atoms with van der Waals surface area (Å²) in [5.74, 6) is 1.22. The molecule has 2 fully saturated rings. The van der Waals surface area contributed by atoms with Gasteiger partial charge in [-0.1, -0.05) is 30.3 Å². The van der Waals surface area contributed by atoms with Gasteiger partial charge in [-0.3, -0.25) is 4.90 Å². The van der Waals surface area contributed by atoms with Crippen LogP contribution in [0, 0.1) is 12.8 Å². The molecule has 0 bridgehead atoms. The predicted molar refractivity (Wildman–Crippen MR) is 113 cm³/mol. The number of piperidine rings is 1. The van der Waals surface area contributed by atoms with Gasteiger partial charge in [-0.2, -0.15) is 4.31 Å². The molecule has 2 atom stereocenters. The molecule has 0 unspecified atom stereocenters. The minimum atomic E-state index is -3.64. The molecule has 0 aliphatic carbocycles. The summed E-state index contributed by atoms with van der Waals surface area (Å²) >= 11 is 0. The molecule has 31 heavy (non-hydrogen) atoms.